The quantitative estimate of drug-likeness (QED) is 0.300. The summed E-state index contributed by atoms with van der Waals surface area (Å²) < 4.78 is 13.7. The molecule has 0 aromatic rings. The molecule has 0 amide bonds. The van der Waals surface area contributed by atoms with Crippen molar-refractivity contribution in [2.45, 2.75) is 26.6 Å². The summed E-state index contributed by atoms with van der Waals surface area (Å²) in [6, 6.07) is 0. The molecule has 1 unspecified atom stereocenters. The largest absolute Gasteiger partial charge is 0.464 e. The van der Waals surface area contributed by atoms with E-state index in [-0.39, 0.29) is 6.29 Å². The SMILES string of the molecule is COC(=O)C(C=O)(OC)OC(=O)C(C)(C)C. The zero-order valence-electron chi connectivity index (χ0n) is 10.0. The Morgan fingerprint density at radius 3 is 1.81 bits per heavy atom. The van der Waals surface area contributed by atoms with Crippen molar-refractivity contribution in [1.82, 2.24) is 0 Å². The molecular weight excluding hydrogens is 216 g/mol. The fourth-order valence-corrected chi connectivity index (χ4v) is 0.720. The Labute approximate surface area is 93.8 Å². The second-order valence-corrected chi connectivity index (χ2v) is 4.12. The van der Waals surface area contributed by atoms with Gasteiger partial charge in [-0.3, -0.25) is 9.59 Å². The highest BCUT2D eigenvalue weighted by molar-refractivity contribution is 5.97. The van der Waals surface area contributed by atoms with E-state index in [1.165, 1.54) is 0 Å². The molecule has 0 fully saturated rings. The van der Waals surface area contributed by atoms with E-state index < -0.39 is 23.1 Å². The smallest absolute Gasteiger partial charge is 0.387 e. The van der Waals surface area contributed by atoms with E-state index in [1.807, 2.05) is 0 Å². The van der Waals surface area contributed by atoms with Gasteiger partial charge >= 0.3 is 17.7 Å². The van der Waals surface area contributed by atoms with Crippen LogP contribution in [0, 0.1) is 5.41 Å². The van der Waals surface area contributed by atoms with Crippen molar-refractivity contribution in [3.05, 3.63) is 0 Å². The van der Waals surface area contributed by atoms with E-state index in [0.29, 0.717) is 0 Å². The Hall–Kier alpha value is -1.43. The Balaban J connectivity index is 5.03. The number of aldehydes is 1. The molecule has 0 aliphatic carbocycles. The first-order chi connectivity index (χ1) is 7.23. The van der Waals surface area contributed by atoms with Gasteiger partial charge in [0.15, 0.2) is 0 Å². The minimum absolute atomic E-state index is 0.0858. The first-order valence-electron chi connectivity index (χ1n) is 4.57. The van der Waals surface area contributed by atoms with Gasteiger partial charge in [0.2, 0.25) is 6.29 Å². The van der Waals surface area contributed by atoms with Crippen LogP contribution in [-0.2, 0) is 28.6 Å². The van der Waals surface area contributed by atoms with Gasteiger partial charge in [-0.2, -0.15) is 0 Å². The first kappa shape index (κ1) is 14.6. The highest BCUT2D eigenvalue weighted by Gasteiger charge is 2.46. The molecule has 0 aliphatic rings. The first-order valence-corrected chi connectivity index (χ1v) is 4.57. The fourth-order valence-electron chi connectivity index (χ4n) is 0.720. The van der Waals surface area contributed by atoms with Gasteiger partial charge in [0, 0.05) is 7.11 Å². The van der Waals surface area contributed by atoms with Crippen LogP contribution in [0.5, 0.6) is 0 Å². The van der Waals surface area contributed by atoms with Crippen molar-refractivity contribution in [3.63, 3.8) is 0 Å². The molecule has 0 radical (unpaired) electrons. The molecule has 0 bridgehead atoms. The maximum absolute atomic E-state index is 11.5. The summed E-state index contributed by atoms with van der Waals surface area (Å²) in [5, 5.41) is 0. The molecule has 0 N–H and O–H groups in total. The summed E-state index contributed by atoms with van der Waals surface area (Å²) in [7, 11) is 2.13. The summed E-state index contributed by atoms with van der Waals surface area (Å²) in [6.07, 6.45) is 0.0858. The van der Waals surface area contributed by atoms with E-state index in [0.717, 1.165) is 14.2 Å². The van der Waals surface area contributed by atoms with Gasteiger partial charge in [-0.25, -0.2) is 4.79 Å². The number of hydrogen-bond donors (Lipinski definition) is 0. The average Bonchev–Trinajstić information content (AvgIpc) is 2.23. The van der Waals surface area contributed by atoms with E-state index in [1.54, 1.807) is 20.8 Å². The van der Waals surface area contributed by atoms with Crippen LogP contribution in [-0.4, -0.2) is 38.2 Å². The van der Waals surface area contributed by atoms with Gasteiger partial charge in [-0.15, -0.1) is 0 Å². The Morgan fingerprint density at radius 2 is 1.56 bits per heavy atom. The lowest BCUT2D eigenvalue weighted by Crippen LogP contribution is -2.49. The monoisotopic (exact) mass is 232 g/mol. The molecule has 92 valence electrons. The second kappa shape index (κ2) is 5.07. The zero-order chi connectivity index (χ0) is 13.0. The lowest BCUT2D eigenvalue weighted by molar-refractivity contribution is -0.228. The number of ether oxygens (including phenoxy) is 3. The maximum Gasteiger partial charge on any atom is 0.387 e. The molecular formula is C10H16O6. The maximum atomic E-state index is 11.5. The number of carbonyl (C=O) groups is 3. The third-order valence-electron chi connectivity index (χ3n) is 1.79. The summed E-state index contributed by atoms with van der Waals surface area (Å²) >= 11 is 0. The summed E-state index contributed by atoms with van der Waals surface area (Å²) in [5.41, 5.74) is -0.860. The second-order valence-electron chi connectivity index (χ2n) is 4.12. The summed E-state index contributed by atoms with van der Waals surface area (Å²) in [6.45, 7) is 4.74. The number of methoxy groups -OCH3 is 2. The van der Waals surface area contributed by atoms with Crippen molar-refractivity contribution < 1.29 is 28.6 Å². The Bertz CT molecular complexity index is 290. The molecule has 16 heavy (non-hydrogen) atoms. The molecule has 0 aliphatic heterocycles. The van der Waals surface area contributed by atoms with Crippen LogP contribution in [0.2, 0.25) is 0 Å². The third kappa shape index (κ3) is 3.03. The van der Waals surface area contributed by atoms with Crippen LogP contribution in [0.25, 0.3) is 0 Å². The zero-order valence-corrected chi connectivity index (χ0v) is 10.0. The van der Waals surface area contributed by atoms with E-state index in [2.05, 4.69) is 9.47 Å². The topological polar surface area (TPSA) is 78.9 Å². The summed E-state index contributed by atoms with van der Waals surface area (Å²) in [4.78, 5) is 33.7. The lowest BCUT2D eigenvalue weighted by atomic mass is 9.97. The molecule has 0 spiro atoms. The van der Waals surface area contributed by atoms with Crippen LogP contribution < -0.4 is 0 Å². The van der Waals surface area contributed by atoms with Crippen molar-refractivity contribution in [3.8, 4) is 0 Å². The number of rotatable bonds is 4. The highest BCUT2D eigenvalue weighted by atomic mass is 16.7. The van der Waals surface area contributed by atoms with E-state index in [4.69, 9.17) is 4.74 Å². The molecule has 0 saturated heterocycles. The van der Waals surface area contributed by atoms with E-state index >= 15 is 0 Å². The standard InChI is InChI=1S/C10H16O6/c1-9(2,3)7(12)16-10(6-11,15-5)8(13)14-4/h6H,1-5H3. The van der Waals surface area contributed by atoms with Crippen molar-refractivity contribution in [1.29, 1.82) is 0 Å². The van der Waals surface area contributed by atoms with Crippen LogP contribution >= 0.6 is 0 Å². The van der Waals surface area contributed by atoms with Gasteiger partial charge in [0.05, 0.1) is 12.5 Å². The molecule has 6 nitrogen and oxygen atoms in total. The lowest BCUT2D eigenvalue weighted by Gasteiger charge is -2.26. The van der Waals surface area contributed by atoms with Gasteiger partial charge in [0.25, 0.3) is 0 Å². The molecule has 0 aromatic carbocycles. The van der Waals surface area contributed by atoms with Crippen LogP contribution in [0.4, 0.5) is 0 Å². The van der Waals surface area contributed by atoms with Crippen LogP contribution in [0.3, 0.4) is 0 Å². The molecule has 0 heterocycles. The van der Waals surface area contributed by atoms with Gasteiger partial charge < -0.3 is 14.2 Å². The number of esters is 2. The Kier molecular flexibility index (Phi) is 4.61. The van der Waals surface area contributed by atoms with Crippen LogP contribution in [0.15, 0.2) is 0 Å². The van der Waals surface area contributed by atoms with Crippen molar-refractivity contribution in [2.24, 2.45) is 5.41 Å². The van der Waals surface area contributed by atoms with Crippen molar-refractivity contribution >= 4 is 18.2 Å². The average molecular weight is 232 g/mol. The predicted octanol–water partition coefficient (Wildman–Crippen LogP) is 0.290. The minimum Gasteiger partial charge on any atom is -0.464 e. The summed E-state index contributed by atoms with van der Waals surface area (Å²) in [5.74, 6) is -4.14. The van der Waals surface area contributed by atoms with Gasteiger partial charge in [-0.1, -0.05) is 0 Å². The molecule has 0 aromatic heterocycles. The molecule has 0 rings (SSSR count). The minimum atomic E-state index is -2.32. The number of hydrogen-bond acceptors (Lipinski definition) is 6. The molecule has 6 heteroatoms. The fraction of sp³-hybridized carbons (Fsp3) is 0.700. The third-order valence-corrected chi connectivity index (χ3v) is 1.79. The Morgan fingerprint density at radius 1 is 1.06 bits per heavy atom. The van der Waals surface area contributed by atoms with Crippen molar-refractivity contribution in [2.75, 3.05) is 14.2 Å². The molecule has 0 saturated carbocycles. The highest BCUT2D eigenvalue weighted by Crippen LogP contribution is 2.21. The predicted molar refractivity (Wildman–Crippen MR) is 53.4 cm³/mol. The van der Waals surface area contributed by atoms with Gasteiger partial charge in [-0.05, 0) is 20.8 Å². The number of carbonyl (C=O) groups excluding carboxylic acids is 3. The molecule has 1 atom stereocenters. The van der Waals surface area contributed by atoms with Crippen LogP contribution in [0.1, 0.15) is 20.8 Å². The normalized spacial score (nSPS) is 14.8. The van der Waals surface area contributed by atoms with E-state index in [9.17, 15) is 14.4 Å². The van der Waals surface area contributed by atoms with Gasteiger partial charge in [0.1, 0.15) is 0 Å².